The van der Waals surface area contributed by atoms with Crippen molar-refractivity contribution in [3.05, 3.63) is 30.2 Å². The van der Waals surface area contributed by atoms with Crippen molar-refractivity contribution in [2.45, 2.75) is 0 Å². The van der Waals surface area contributed by atoms with Gasteiger partial charge in [-0.05, 0) is 12.1 Å². The number of amides is 1. The Balaban J connectivity index is 1.44. The predicted octanol–water partition coefficient (Wildman–Crippen LogP) is 1.41. The number of nitrogens with zero attached hydrogens (tertiary/aromatic N) is 5. The lowest BCUT2D eigenvalue weighted by molar-refractivity contribution is 0.0300. The minimum Gasteiger partial charge on any atom is -0.494 e. The van der Waals surface area contributed by atoms with Crippen LogP contribution in [0, 0.1) is 0 Å². The van der Waals surface area contributed by atoms with Crippen molar-refractivity contribution in [1.29, 1.82) is 0 Å². The van der Waals surface area contributed by atoms with Crippen LogP contribution in [0.15, 0.2) is 24.5 Å². The van der Waals surface area contributed by atoms with E-state index in [1.807, 2.05) is 18.2 Å². The van der Waals surface area contributed by atoms with Gasteiger partial charge < -0.3 is 34.3 Å². The number of hydrogen-bond donors (Lipinski definition) is 2. The molecule has 11 nitrogen and oxygen atoms in total. The van der Waals surface area contributed by atoms with Gasteiger partial charge >= 0.3 is 0 Å². The molecule has 0 bridgehead atoms. The normalized spacial score (nSPS) is 16.9. The molecule has 1 amide bonds. The van der Waals surface area contributed by atoms with Crippen molar-refractivity contribution in [2.75, 3.05) is 69.9 Å². The molecule has 0 radical (unpaired) electrons. The molecule has 11 heteroatoms. The topological polar surface area (TPSA) is 118 Å². The number of aromatic amines is 1. The van der Waals surface area contributed by atoms with Crippen LogP contribution in [0.3, 0.4) is 0 Å². The Labute approximate surface area is 184 Å². The molecular weight excluding hydrogens is 414 g/mol. The number of H-pyrrole nitrogens is 1. The van der Waals surface area contributed by atoms with Crippen molar-refractivity contribution in [1.82, 2.24) is 24.8 Å². The smallest absolute Gasteiger partial charge is 0.275 e. The van der Waals surface area contributed by atoms with Crippen LogP contribution in [0.1, 0.15) is 10.5 Å². The summed E-state index contributed by atoms with van der Waals surface area (Å²) in [5.41, 5.74) is 2.97. The standard InChI is InChI=1S/C21H25N7O4/c1-30-16-12-14(27-4-8-31-9-5-27)2-3-15(16)24-21-25-18(17-19(26-21)23-13-22-17)20(29)28-6-10-32-11-7-28/h2-3,12-13H,4-11H2,1H3,(H2,22,23,24,25,26). The average molecular weight is 439 g/mol. The Morgan fingerprint density at radius 1 is 1.09 bits per heavy atom. The maximum atomic E-state index is 13.1. The molecule has 0 aliphatic carbocycles. The summed E-state index contributed by atoms with van der Waals surface area (Å²) >= 11 is 0. The number of fused-ring (bicyclic) bond motifs is 1. The number of carbonyl (C=O) groups is 1. The molecule has 2 saturated heterocycles. The molecule has 4 heterocycles. The van der Waals surface area contributed by atoms with Gasteiger partial charge in [-0.2, -0.15) is 4.98 Å². The van der Waals surface area contributed by atoms with E-state index >= 15 is 0 Å². The molecule has 0 unspecified atom stereocenters. The van der Waals surface area contributed by atoms with E-state index < -0.39 is 0 Å². The summed E-state index contributed by atoms with van der Waals surface area (Å²) in [4.78, 5) is 33.3. The maximum Gasteiger partial charge on any atom is 0.275 e. The van der Waals surface area contributed by atoms with Crippen LogP contribution in [0.2, 0.25) is 0 Å². The van der Waals surface area contributed by atoms with Crippen molar-refractivity contribution >= 4 is 34.4 Å². The summed E-state index contributed by atoms with van der Waals surface area (Å²) < 4.78 is 16.4. The van der Waals surface area contributed by atoms with Gasteiger partial charge in [-0.15, -0.1) is 0 Å². The number of rotatable bonds is 5. The number of aromatic nitrogens is 4. The van der Waals surface area contributed by atoms with Gasteiger partial charge in [0.2, 0.25) is 5.95 Å². The number of ether oxygens (including phenoxy) is 3. The number of nitrogens with one attached hydrogen (secondary N) is 2. The van der Waals surface area contributed by atoms with E-state index in [4.69, 9.17) is 14.2 Å². The van der Waals surface area contributed by atoms with Crippen molar-refractivity contribution in [3.8, 4) is 5.75 Å². The monoisotopic (exact) mass is 439 g/mol. The van der Waals surface area contributed by atoms with E-state index in [0.717, 1.165) is 18.8 Å². The fraction of sp³-hybridized carbons (Fsp3) is 0.429. The summed E-state index contributed by atoms with van der Waals surface area (Å²) in [5.74, 6) is 0.752. The molecule has 168 valence electrons. The van der Waals surface area contributed by atoms with Gasteiger partial charge in [0.05, 0.1) is 45.6 Å². The second-order valence-electron chi connectivity index (χ2n) is 7.51. The predicted molar refractivity (Wildman–Crippen MR) is 118 cm³/mol. The first-order valence-corrected chi connectivity index (χ1v) is 10.6. The van der Waals surface area contributed by atoms with Gasteiger partial charge in [-0.1, -0.05) is 0 Å². The molecule has 5 rings (SSSR count). The number of carbonyl (C=O) groups excluding carboxylic acids is 1. The lowest BCUT2D eigenvalue weighted by atomic mass is 10.2. The second-order valence-corrected chi connectivity index (χ2v) is 7.51. The Morgan fingerprint density at radius 3 is 2.59 bits per heavy atom. The lowest BCUT2D eigenvalue weighted by Crippen LogP contribution is -2.41. The van der Waals surface area contributed by atoms with Crippen LogP contribution < -0.4 is 15.0 Å². The van der Waals surface area contributed by atoms with Gasteiger partial charge in [0.1, 0.15) is 11.3 Å². The van der Waals surface area contributed by atoms with Crippen molar-refractivity contribution < 1.29 is 19.0 Å². The van der Waals surface area contributed by atoms with Crippen LogP contribution in [0.25, 0.3) is 11.2 Å². The Hall–Kier alpha value is -3.44. The minimum absolute atomic E-state index is 0.178. The van der Waals surface area contributed by atoms with E-state index in [0.29, 0.717) is 62.1 Å². The fourth-order valence-electron chi connectivity index (χ4n) is 3.88. The third kappa shape index (κ3) is 4.04. The quantitative estimate of drug-likeness (QED) is 0.608. The highest BCUT2D eigenvalue weighted by atomic mass is 16.5. The molecule has 3 aromatic rings. The van der Waals surface area contributed by atoms with E-state index in [1.165, 1.54) is 6.33 Å². The van der Waals surface area contributed by atoms with Crippen LogP contribution in [-0.2, 0) is 9.47 Å². The number of benzene rings is 1. The summed E-state index contributed by atoms with van der Waals surface area (Å²) in [6.45, 7) is 5.17. The molecule has 32 heavy (non-hydrogen) atoms. The van der Waals surface area contributed by atoms with Crippen LogP contribution in [-0.4, -0.2) is 90.5 Å². The minimum atomic E-state index is -0.178. The number of hydrogen-bond acceptors (Lipinski definition) is 9. The zero-order valence-corrected chi connectivity index (χ0v) is 17.8. The molecule has 2 aliphatic rings. The Morgan fingerprint density at radius 2 is 1.84 bits per heavy atom. The summed E-state index contributed by atoms with van der Waals surface area (Å²) in [5, 5.41) is 3.19. The average Bonchev–Trinajstić information content (AvgIpc) is 3.33. The van der Waals surface area contributed by atoms with E-state index in [-0.39, 0.29) is 17.5 Å². The SMILES string of the molecule is COc1cc(N2CCOCC2)ccc1Nc1nc(C(=O)N2CCOCC2)c2[nH]cnc2n1. The van der Waals surface area contributed by atoms with E-state index in [2.05, 4.69) is 30.2 Å². The number of anilines is 3. The van der Waals surface area contributed by atoms with Gasteiger partial charge in [0, 0.05) is 37.9 Å². The summed E-state index contributed by atoms with van der Waals surface area (Å²) in [7, 11) is 1.62. The highest BCUT2D eigenvalue weighted by molar-refractivity contribution is 6.02. The first kappa shape index (κ1) is 20.5. The Kier molecular flexibility index (Phi) is 5.73. The zero-order valence-electron chi connectivity index (χ0n) is 17.8. The highest BCUT2D eigenvalue weighted by Gasteiger charge is 2.24. The Bertz CT molecular complexity index is 1110. The van der Waals surface area contributed by atoms with E-state index in [9.17, 15) is 4.79 Å². The van der Waals surface area contributed by atoms with Crippen molar-refractivity contribution in [3.63, 3.8) is 0 Å². The maximum absolute atomic E-state index is 13.1. The molecule has 0 atom stereocenters. The second kappa shape index (κ2) is 8.97. The largest absolute Gasteiger partial charge is 0.494 e. The fourth-order valence-corrected chi connectivity index (χ4v) is 3.88. The molecule has 0 saturated carbocycles. The third-order valence-corrected chi connectivity index (χ3v) is 5.59. The molecule has 0 spiro atoms. The van der Waals surface area contributed by atoms with Gasteiger partial charge in [-0.25, -0.2) is 9.97 Å². The molecular formula is C21H25N7O4. The summed E-state index contributed by atoms with van der Waals surface area (Å²) in [6, 6.07) is 5.91. The molecule has 2 aromatic heterocycles. The van der Waals surface area contributed by atoms with Gasteiger partial charge in [0.15, 0.2) is 11.3 Å². The van der Waals surface area contributed by atoms with Gasteiger partial charge in [-0.3, -0.25) is 4.79 Å². The molecule has 2 N–H and O–H groups in total. The summed E-state index contributed by atoms with van der Waals surface area (Å²) in [6.07, 6.45) is 1.51. The number of imidazole rings is 1. The number of morpholine rings is 2. The van der Waals surface area contributed by atoms with Gasteiger partial charge in [0.25, 0.3) is 5.91 Å². The highest BCUT2D eigenvalue weighted by Crippen LogP contribution is 2.32. The van der Waals surface area contributed by atoms with Crippen LogP contribution in [0.5, 0.6) is 5.75 Å². The first-order chi connectivity index (χ1) is 15.7. The molecule has 2 fully saturated rings. The zero-order chi connectivity index (χ0) is 21.9. The van der Waals surface area contributed by atoms with Crippen LogP contribution in [0.4, 0.5) is 17.3 Å². The van der Waals surface area contributed by atoms with Crippen LogP contribution >= 0.6 is 0 Å². The molecule has 2 aliphatic heterocycles. The number of methoxy groups -OCH3 is 1. The first-order valence-electron chi connectivity index (χ1n) is 10.6. The molecule has 1 aromatic carbocycles. The lowest BCUT2D eigenvalue weighted by Gasteiger charge is -2.29. The van der Waals surface area contributed by atoms with Crippen molar-refractivity contribution in [2.24, 2.45) is 0 Å². The van der Waals surface area contributed by atoms with E-state index in [1.54, 1.807) is 12.0 Å². The third-order valence-electron chi connectivity index (χ3n) is 5.59.